The Kier molecular flexibility index (Phi) is 3.11. The molecule has 1 unspecified atom stereocenters. The van der Waals surface area contributed by atoms with Crippen molar-refractivity contribution in [2.45, 2.75) is 19.9 Å². The van der Waals surface area contributed by atoms with Crippen LogP contribution in [0, 0.1) is 13.8 Å². The average molecular weight is 227 g/mol. The van der Waals surface area contributed by atoms with E-state index in [1.165, 1.54) is 5.56 Å². The Hall–Kier alpha value is -1.87. The third-order valence-electron chi connectivity index (χ3n) is 2.86. The SMILES string of the molecule is Cc1ccc(C(N)c2cc(C)cnc2N)cc1. The van der Waals surface area contributed by atoms with Crippen molar-refractivity contribution in [3.63, 3.8) is 0 Å². The van der Waals surface area contributed by atoms with Crippen molar-refractivity contribution < 1.29 is 0 Å². The van der Waals surface area contributed by atoms with Gasteiger partial charge < -0.3 is 11.5 Å². The van der Waals surface area contributed by atoms with Gasteiger partial charge in [0.1, 0.15) is 5.82 Å². The first-order valence-electron chi connectivity index (χ1n) is 5.62. The number of nitrogens with two attached hydrogens (primary N) is 2. The first-order chi connectivity index (χ1) is 8.08. The maximum atomic E-state index is 6.22. The van der Waals surface area contributed by atoms with Gasteiger partial charge in [0, 0.05) is 11.8 Å². The van der Waals surface area contributed by atoms with E-state index >= 15 is 0 Å². The molecule has 0 aliphatic heterocycles. The molecule has 88 valence electrons. The van der Waals surface area contributed by atoms with Crippen LogP contribution in [0.1, 0.15) is 28.3 Å². The molecule has 0 fully saturated rings. The van der Waals surface area contributed by atoms with E-state index < -0.39 is 0 Å². The van der Waals surface area contributed by atoms with Crippen LogP contribution in [-0.2, 0) is 0 Å². The molecular weight excluding hydrogens is 210 g/mol. The number of pyridine rings is 1. The molecule has 2 aromatic rings. The monoisotopic (exact) mass is 227 g/mol. The van der Waals surface area contributed by atoms with Crippen LogP contribution in [-0.4, -0.2) is 4.98 Å². The summed E-state index contributed by atoms with van der Waals surface area (Å²) in [5, 5.41) is 0. The lowest BCUT2D eigenvalue weighted by Gasteiger charge is -2.15. The summed E-state index contributed by atoms with van der Waals surface area (Å²) in [5.41, 5.74) is 16.3. The summed E-state index contributed by atoms with van der Waals surface area (Å²) in [5.74, 6) is 0.503. The fourth-order valence-electron chi connectivity index (χ4n) is 1.80. The predicted octanol–water partition coefficient (Wildman–Crippen LogP) is 2.33. The van der Waals surface area contributed by atoms with Gasteiger partial charge in [-0.1, -0.05) is 29.8 Å². The Morgan fingerprint density at radius 3 is 2.35 bits per heavy atom. The standard InChI is InChI=1S/C14H17N3/c1-9-3-5-11(6-4-9)13(15)12-7-10(2)8-17-14(12)16/h3-8,13H,15H2,1-2H3,(H2,16,17). The number of hydrogen-bond donors (Lipinski definition) is 2. The number of anilines is 1. The Balaban J connectivity index is 2.39. The maximum Gasteiger partial charge on any atom is 0.128 e. The lowest BCUT2D eigenvalue weighted by Crippen LogP contribution is -2.15. The zero-order valence-electron chi connectivity index (χ0n) is 10.1. The number of nitrogen functional groups attached to an aromatic ring is 1. The molecule has 0 amide bonds. The van der Waals surface area contributed by atoms with Crippen LogP contribution in [0.15, 0.2) is 36.5 Å². The van der Waals surface area contributed by atoms with Crippen LogP contribution in [0.25, 0.3) is 0 Å². The summed E-state index contributed by atoms with van der Waals surface area (Å²) in [4.78, 5) is 4.14. The van der Waals surface area contributed by atoms with Gasteiger partial charge in [-0.25, -0.2) is 4.98 Å². The minimum Gasteiger partial charge on any atom is -0.383 e. The molecule has 17 heavy (non-hydrogen) atoms. The second kappa shape index (κ2) is 4.55. The van der Waals surface area contributed by atoms with E-state index in [2.05, 4.69) is 24.0 Å². The molecule has 3 heteroatoms. The largest absolute Gasteiger partial charge is 0.383 e. The van der Waals surface area contributed by atoms with E-state index in [0.717, 1.165) is 16.7 Å². The van der Waals surface area contributed by atoms with Gasteiger partial charge in [0.15, 0.2) is 0 Å². The maximum absolute atomic E-state index is 6.22. The van der Waals surface area contributed by atoms with Crippen molar-refractivity contribution in [3.05, 3.63) is 58.8 Å². The number of aromatic nitrogens is 1. The summed E-state index contributed by atoms with van der Waals surface area (Å²) in [6, 6.07) is 9.93. The molecule has 0 radical (unpaired) electrons. The van der Waals surface area contributed by atoms with Crippen molar-refractivity contribution in [2.75, 3.05) is 5.73 Å². The minimum absolute atomic E-state index is 0.219. The van der Waals surface area contributed by atoms with E-state index in [1.807, 2.05) is 25.1 Å². The molecule has 1 aromatic heterocycles. The quantitative estimate of drug-likeness (QED) is 0.827. The van der Waals surface area contributed by atoms with Gasteiger partial charge in [-0.15, -0.1) is 0 Å². The van der Waals surface area contributed by atoms with Crippen LogP contribution >= 0.6 is 0 Å². The first-order valence-corrected chi connectivity index (χ1v) is 5.62. The van der Waals surface area contributed by atoms with Gasteiger partial charge in [0.25, 0.3) is 0 Å². The third-order valence-corrected chi connectivity index (χ3v) is 2.86. The van der Waals surface area contributed by atoms with Gasteiger partial charge in [-0.3, -0.25) is 0 Å². The van der Waals surface area contributed by atoms with Crippen LogP contribution < -0.4 is 11.5 Å². The smallest absolute Gasteiger partial charge is 0.128 e. The lowest BCUT2D eigenvalue weighted by atomic mass is 9.98. The summed E-state index contributed by atoms with van der Waals surface area (Å²) in [6.07, 6.45) is 1.75. The topological polar surface area (TPSA) is 64.9 Å². The number of nitrogens with zero attached hydrogens (tertiary/aromatic N) is 1. The zero-order chi connectivity index (χ0) is 12.4. The molecule has 0 aliphatic rings. The molecule has 0 bridgehead atoms. The van der Waals surface area contributed by atoms with E-state index in [0.29, 0.717) is 5.82 Å². The molecule has 0 saturated heterocycles. The van der Waals surface area contributed by atoms with E-state index in [-0.39, 0.29) is 6.04 Å². The Morgan fingerprint density at radius 1 is 1.06 bits per heavy atom. The molecular formula is C14H17N3. The van der Waals surface area contributed by atoms with Gasteiger partial charge in [0.05, 0.1) is 6.04 Å². The molecule has 4 N–H and O–H groups in total. The summed E-state index contributed by atoms with van der Waals surface area (Å²) in [7, 11) is 0. The second-order valence-electron chi connectivity index (χ2n) is 4.38. The van der Waals surface area contributed by atoms with Crippen molar-refractivity contribution in [3.8, 4) is 0 Å². The fraction of sp³-hybridized carbons (Fsp3) is 0.214. The summed E-state index contributed by atoms with van der Waals surface area (Å²) >= 11 is 0. The molecule has 0 aliphatic carbocycles. The van der Waals surface area contributed by atoms with Crippen LogP contribution in [0.2, 0.25) is 0 Å². The van der Waals surface area contributed by atoms with Crippen LogP contribution in [0.5, 0.6) is 0 Å². The highest BCUT2D eigenvalue weighted by molar-refractivity contribution is 5.47. The van der Waals surface area contributed by atoms with Crippen molar-refractivity contribution >= 4 is 5.82 Å². The van der Waals surface area contributed by atoms with E-state index in [1.54, 1.807) is 6.20 Å². The molecule has 1 aromatic carbocycles. The molecule has 0 saturated carbocycles. The fourth-order valence-corrected chi connectivity index (χ4v) is 1.80. The Bertz CT molecular complexity index is 517. The van der Waals surface area contributed by atoms with Gasteiger partial charge in [0.2, 0.25) is 0 Å². The zero-order valence-corrected chi connectivity index (χ0v) is 10.1. The Morgan fingerprint density at radius 2 is 1.71 bits per heavy atom. The molecule has 0 spiro atoms. The van der Waals surface area contributed by atoms with Gasteiger partial charge in [-0.05, 0) is 31.0 Å². The van der Waals surface area contributed by atoms with Gasteiger partial charge >= 0.3 is 0 Å². The first kappa shape index (κ1) is 11.6. The van der Waals surface area contributed by atoms with Crippen LogP contribution in [0.4, 0.5) is 5.82 Å². The van der Waals surface area contributed by atoms with Crippen molar-refractivity contribution in [1.82, 2.24) is 4.98 Å². The van der Waals surface area contributed by atoms with Crippen molar-refractivity contribution in [1.29, 1.82) is 0 Å². The highest BCUT2D eigenvalue weighted by Gasteiger charge is 2.12. The number of aryl methyl sites for hydroxylation is 2. The normalized spacial score (nSPS) is 12.4. The molecule has 1 heterocycles. The second-order valence-corrected chi connectivity index (χ2v) is 4.38. The summed E-state index contributed by atoms with van der Waals surface area (Å²) in [6.45, 7) is 4.04. The number of hydrogen-bond acceptors (Lipinski definition) is 3. The minimum atomic E-state index is -0.219. The van der Waals surface area contributed by atoms with E-state index in [9.17, 15) is 0 Å². The molecule has 3 nitrogen and oxygen atoms in total. The molecule has 1 atom stereocenters. The molecule has 2 rings (SSSR count). The van der Waals surface area contributed by atoms with Crippen LogP contribution in [0.3, 0.4) is 0 Å². The summed E-state index contributed by atoms with van der Waals surface area (Å²) < 4.78 is 0. The van der Waals surface area contributed by atoms with Gasteiger partial charge in [-0.2, -0.15) is 0 Å². The number of rotatable bonds is 2. The average Bonchev–Trinajstić information content (AvgIpc) is 2.32. The highest BCUT2D eigenvalue weighted by Crippen LogP contribution is 2.24. The number of benzene rings is 1. The van der Waals surface area contributed by atoms with E-state index in [4.69, 9.17) is 11.5 Å². The van der Waals surface area contributed by atoms with Crippen molar-refractivity contribution in [2.24, 2.45) is 5.73 Å². The predicted molar refractivity (Wildman–Crippen MR) is 70.6 cm³/mol. The third kappa shape index (κ3) is 2.45. The lowest BCUT2D eigenvalue weighted by molar-refractivity contribution is 0.864. The highest BCUT2D eigenvalue weighted by atomic mass is 14.8. The Labute approximate surface area is 101 Å².